The number of benzene rings is 2. The first kappa shape index (κ1) is 14.5. The van der Waals surface area contributed by atoms with Gasteiger partial charge in [-0.05, 0) is 53.8 Å². The fourth-order valence-electron chi connectivity index (χ4n) is 3.15. The summed E-state index contributed by atoms with van der Waals surface area (Å²) in [4.78, 5) is 0. The summed E-state index contributed by atoms with van der Waals surface area (Å²) in [6.07, 6.45) is 4.24. The summed E-state index contributed by atoms with van der Waals surface area (Å²) in [6, 6.07) is 14.7. The Kier molecular flexibility index (Phi) is 3.69. The smallest absolute Gasteiger partial charge is 0.118 e. The molecule has 1 heterocycles. The number of aromatic nitrogens is 2. The molecule has 3 aromatic rings. The van der Waals surface area contributed by atoms with Crippen LogP contribution in [-0.4, -0.2) is 16.9 Å². The molecule has 23 heavy (non-hydrogen) atoms. The lowest BCUT2D eigenvalue weighted by Gasteiger charge is -2.14. The number of halogens is 1. The van der Waals surface area contributed by atoms with Gasteiger partial charge in [0.05, 0.1) is 19.3 Å². The molecule has 0 spiro atoms. The van der Waals surface area contributed by atoms with Crippen molar-refractivity contribution in [3.63, 3.8) is 0 Å². The quantitative estimate of drug-likeness (QED) is 0.681. The van der Waals surface area contributed by atoms with Gasteiger partial charge in [0.15, 0.2) is 0 Å². The van der Waals surface area contributed by atoms with Crippen LogP contribution in [0.2, 0.25) is 0 Å². The summed E-state index contributed by atoms with van der Waals surface area (Å²) in [5, 5.41) is 4.78. The van der Waals surface area contributed by atoms with E-state index in [0.29, 0.717) is 0 Å². The van der Waals surface area contributed by atoms with Gasteiger partial charge in [-0.25, -0.2) is 0 Å². The van der Waals surface area contributed by atoms with Crippen molar-refractivity contribution in [2.24, 2.45) is 0 Å². The molecule has 2 aromatic carbocycles. The minimum absolute atomic E-state index is 0.781. The zero-order chi connectivity index (χ0) is 15.8. The van der Waals surface area contributed by atoms with Crippen molar-refractivity contribution in [1.29, 1.82) is 0 Å². The lowest BCUT2D eigenvalue weighted by atomic mass is 9.90. The second kappa shape index (κ2) is 5.85. The third kappa shape index (κ3) is 2.79. The third-order valence-electron chi connectivity index (χ3n) is 4.33. The molecule has 0 amide bonds. The molecule has 116 valence electrons. The Hall–Kier alpha value is -2.07. The van der Waals surface area contributed by atoms with Gasteiger partial charge >= 0.3 is 0 Å². The average molecular weight is 369 g/mol. The Morgan fingerprint density at radius 3 is 2.70 bits per heavy atom. The van der Waals surface area contributed by atoms with E-state index in [2.05, 4.69) is 52.5 Å². The highest BCUT2D eigenvalue weighted by atomic mass is 79.9. The maximum atomic E-state index is 5.21. The highest BCUT2D eigenvalue weighted by Crippen LogP contribution is 2.34. The van der Waals surface area contributed by atoms with Crippen molar-refractivity contribution in [1.82, 2.24) is 9.78 Å². The van der Waals surface area contributed by atoms with Crippen LogP contribution in [0.1, 0.15) is 16.8 Å². The molecule has 0 saturated heterocycles. The van der Waals surface area contributed by atoms with Crippen LogP contribution in [0.15, 0.2) is 53.1 Å². The molecule has 0 saturated carbocycles. The maximum Gasteiger partial charge on any atom is 0.118 e. The highest BCUT2D eigenvalue weighted by molar-refractivity contribution is 9.10. The fraction of sp³-hybridized carbons (Fsp3) is 0.211. The molecule has 1 aliphatic rings. The molecule has 4 heteroatoms. The van der Waals surface area contributed by atoms with Gasteiger partial charge in [0.2, 0.25) is 0 Å². The standard InChI is InChI=1S/C19H17BrN2O/c1-23-16-6-2-13(3-7-16)11-22-12-18-17-8-5-15(20)10-14(17)4-9-19(18)21-22/h2-3,5-8,10,12H,4,9,11H2,1H3. The minimum Gasteiger partial charge on any atom is -0.497 e. The van der Waals surface area contributed by atoms with Crippen LogP contribution >= 0.6 is 15.9 Å². The van der Waals surface area contributed by atoms with E-state index < -0.39 is 0 Å². The molecule has 1 aliphatic carbocycles. The van der Waals surface area contributed by atoms with Crippen molar-refractivity contribution >= 4 is 15.9 Å². The van der Waals surface area contributed by atoms with Crippen LogP contribution in [0.5, 0.6) is 5.75 Å². The highest BCUT2D eigenvalue weighted by Gasteiger charge is 2.19. The van der Waals surface area contributed by atoms with Crippen LogP contribution in [0, 0.1) is 0 Å². The van der Waals surface area contributed by atoms with Crippen LogP contribution in [-0.2, 0) is 19.4 Å². The van der Waals surface area contributed by atoms with Gasteiger partial charge in [-0.3, -0.25) is 4.68 Å². The number of hydrogen-bond donors (Lipinski definition) is 0. The number of ether oxygens (including phenoxy) is 1. The van der Waals surface area contributed by atoms with E-state index in [1.165, 1.54) is 27.9 Å². The van der Waals surface area contributed by atoms with Crippen LogP contribution in [0.4, 0.5) is 0 Å². The first-order chi connectivity index (χ1) is 11.2. The molecule has 4 rings (SSSR count). The zero-order valence-corrected chi connectivity index (χ0v) is 14.5. The summed E-state index contributed by atoms with van der Waals surface area (Å²) in [5.74, 6) is 0.882. The van der Waals surface area contributed by atoms with Crippen molar-refractivity contribution in [2.45, 2.75) is 19.4 Å². The number of fused-ring (bicyclic) bond motifs is 3. The molecule has 0 aliphatic heterocycles. The summed E-state index contributed by atoms with van der Waals surface area (Å²) >= 11 is 3.56. The van der Waals surface area contributed by atoms with Gasteiger partial charge in [0, 0.05) is 16.2 Å². The molecular formula is C19H17BrN2O. The maximum absolute atomic E-state index is 5.21. The average Bonchev–Trinajstić information content (AvgIpc) is 2.98. The van der Waals surface area contributed by atoms with E-state index in [0.717, 1.165) is 29.6 Å². The molecule has 0 unspecified atom stereocenters. The molecule has 1 aromatic heterocycles. The second-order valence-electron chi connectivity index (χ2n) is 5.84. The van der Waals surface area contributed by atoms with Gasteiger partial charge < -0.3 is 4.74 Å². The summed E-state index contributed by atoms with van der Waals surface area (Å²) < 4.78 is 8.40. The van der Waals surface area contributed by atoms with Crippen molar-refractivity contribution in [3.8, 4) is 16.9 Å². The Morgan fingerprint density at radius 1 is 1.09 bits per heavy atom. The van der Waals surface area contributed by atoms with Crippen molar-refractivity contribution < 1.29 is 4.74 Å². The summed E-state index contributed by atoms with van der Waals surface area (Å²) in [7, 11) is 1.69. The van der Waals surface area contributed by atoms with Gasteiger partial charge in [-0.2, -0.15) is 5.10 Å². The molecule has 0 N–H and O–H groups in total. The Balaban J connectivity index is 1.64. The molecule has 0 bridgehead atoms. The zero-order valence-electron chi connectivity index (χ0n) is 12.9. The van der Waals surface area contributed by atoms with E-state index in [1.807, 2.05) is 16.8 Å². The third-order valence-corrected chi connectivity index (χ3v) is 4.82. The number of aryl methyl sites for hydroxylation is 2. The SMILES string of the molecule is COc1ccc(Cn2cc3c(n2)CCc2cc(Br)ccc2-3)cc1. The van der Waals surface area contributed by atoms with E-state index in [-0.39, 0.29) is 0 Å². The first-order valence-corrected chi connectivity index (χ1v) is 8.50. The number of methoxy groups -OCH3 is 1. The Bertz CT molecular complexity index is 852. The monoisotopic (exact) mass is 368 g/mol. The molecule has 0 radical (unpaired) electrons. The van der Waals surface area contributed by atoms with Gasteiger partial charge in [-0.1, -0.05) is 34.1 Å². The van der Waals surface area contributed by atoms with E-state index in [9.17, 15) is 0 Å². The molecule has 3 nitrogen and oxygen atoms in total. The normalized spacial score (nSPS) is 12.6. The number of hydrogen-bond acceptors (Lipinski definition) is 2. The number of nitrogens with zero attached hydrogens (tertiary/aromatic N) is 2. The van der Waals surface area contributed by atoms with E-state index >= 15 is 0 Å². The Morgan fingerprint density at radius 2 is 1.91 bits per heavy atom. The van der Waals surface area contributed by atoms with Gasteiger partial charge in [0.25, 0.3) is 0 Å². The Labute approximate surface area is 144 Å². The minimum atomic E-state index is 0.781. The largest absolute Gasteiger partial charge is 0.497 e. The molecular weight excluding hydrogens is 352 g/mol. The number of rotatable bonds is 3. The molecule has 0 atom stereocenters. The summed E-state index contributed by atoms with van der Waals surface area (Å²) in [5.41, 5.74) is 6.41. The van der Waals surface area contributed by atoms with E-state index in [1.54, 1.807) is 7.11 Å². The van der Waals surface area contributed by atoms with Gasteiger partial charge in [0.1, 0.15) is 5.75 Å². The second-order valence-corrected chi connectivity index (χ2v) is 6.75. The predicted molar refractivity (Wildman–Crippen MR) is 94.9 cm³/mol. The van der Waals surface area contributed by atoms with Crippen molar-refractivity contribution in [3.05, 3.63) is 70.0 Å². The molecule has 0 fully saturated rings. The predicted octanol–water partition coefficient (Wildman–Crippen LogP) is 4.47. The lowest BCUT2D eigenvalue weighted by molar-refractivity contribution is 0.414. The van der Waals surface area contributed by atoms with Crippen LogP contribution in [0.25, 0.3) is 11.1 Å². The summed E-state index contributed by atoms with van der Waals surface area (Å²) in [6.45, 7) is 0.781. The lowest BCUT2D eigenvalue weighted by Crippen LogP contribution is -2.04. The van der Waals surface area contributed by atoms with Gasteiger partial charge in [-0.15, -0.1) is 0 Å². The fourth-order valence-corrected chi connectivity index (χ4v) is 3.56. The first-order valence-electron chi connectivity index (χ1n) is 7.71. The van der Waals surface area contributed by atoms with Crippen LogP contribution < -0.4 is 4.74 Å². The van der Waals surface area contributed by atoms with E-state index in [4.69, 9.17) is 9.84 Å². The van der Waals surface area contributed by atoms with Crippen molar-refractivity contribution in [2.75, 3.05) is 7.11 Å². The topological polar surface area (TPSA) is 27.1 Å². The van der Waals surface area contributed by atoms with Crippen LogP contribution in [0.3, 0.4) is 0 Å².